The molecule has 0 radical (unpaired) electrons. The van der Waals surface area contributed by atoms with E-state index in [2.05, 4.69) is 31.7 Å². The lowest BCUT2D eigenvalue weighted by molar-refractivity contribution is 0.356. The van der Waals surface area contributed by atoms with Gasteiger partial charge in [0.15, 0.2) is 23.0 Å². The molecule has 4 aromatic carbocycles. The van der Waals surface area contributed by atoms with Crippen molar-refractivity contribution in [3.63, 3.8) is 0 Å². The van der Waals surface area contributed by atoms with Crippen molar-refractivity contribution in [1.82, 2.24) is 19.9 Å². The minimum Gasteiger partial charge on any atom is -0.697 e. The van der Waals surface area contributed by atoms with Gasteiger partial charge in [0.05, 0.1) is 39.5 Å². The largest absolute Gasteiger partial charge is 0.697 e. The molecule has 3 N–H and O–H groups in total. The number of rotatable bonds is 6. The molecule has 0 aliphatic rings. The number of hydrogen-bond donors (Lipinski definition) is 2. The number of nitrogens with zero attached hydrogens (tertiary/aromatic N) is 4. The molecule has 11 heteroatoms. The highest BCUT2D eigenvalue weighted by atomic mass is 35.5. The van der Waals surface area contributed by atoms with Crippen LogP contribution in [0.25, 0.3) is 21.8 Å². The number of ether oxygens (including phenoxy) is 4. The van der Waals surface area contributed by atoms with Crippen molar-refractivity contribution >= 4 is 50.6 Å². The summed E-state index contributed by atoms with van der Waals surface area (Å²) in [5.41, 5.74) is 8.67. The van der Waals surface area contributed by atoms with E-state index in [1.165, 1.54) is 12.7 Å². The molecule has 2 aromatic heterocycles. The first-order valence-electron chi connectivity index (χ1n) is 15.3. The number of anilines is 3. The molecule has 0 atom stereocenters. The Labute approximate surface area is 294 Å². The first kappa shape index (κ1) is 41.2. The number of methoxy groups -OCH3 is 4. The molecule has 6 rings (SSSR count). The lowest BCUT2D eigenvalue weighted by Crippen LogP contribution is -1.97. The Morgan fingerprint density at radius 1 is 0.592 bits per heavy atom. The van der Waals surface area contributed by atoms with Crippen LogP contribution < -0.4 is 30.0 Å². The Bertz CT molecular complexity index is 1820. The second kappa shape index (κ2) is 23.5. The third-order valence-corrected chi connectivity index (χ3v) is 6.37. The van der Waals surface area contributed by atoms with Crippen molar-refractivity contribution in [3.05, 3.63) is 109 Å². The summed E-state index contributed by atoms with van der Waals surface area (Å²) in [6.07, 6.45) is 11.9. The molecule has 0 fully saturated rings. The Hall–Kier alpha value is -5.79. The van der Waals surface area contributed by atoms with Gasteiger partial charge in [0.25, 0.3) is 0 Å². The molecule has 0 saturated heterocycles. The van der Waals surface area contributed by atoms with Gasteiger partial charge in [-0.1, -0.05) is 75.7 Å². The maximum atomic E-state index is 5.93. The first-order valence-corrected chi connectivity index (χ1v) is 15.7. The number of nitrogens with two attached hydrogens (primary N) is 1. The van der Waals surface area contributed by atoms with Gasteiger partial charge in [-0.3, -0.25) is 0 Å². The van der Waals surface area contributed by atoms with Crippen LogP contribution in [0.15, 0.2) is 97.6 Å². The second-order valence-corrected chi connectivity index (χ2v) is 9.10. The van der Waals surface area contributed by atoms with Gasteiger partial charge in [0.1, 0.15) is 23.6 Å². The fraction of sp³-hybridized carbons (Fsp3) is 0.211. The van der Waals surface area contributed by atoms with Crippen LogP contribution in [0.4, 0.5) is 17.2 Å². The highest BCUT2D eigenvalue weighted by molar-refractivity contribution is 6.34. The quantitative estimate of drug-likeness (QED) is 0.0759. The van der Waals surface area contributed by atoms with Crippen LogP contribution in [-0.2, 0) is 0 Å². The van der Waals surface area contributed by atoms with Crippen molar-refractivity contribution < 1.29 is 18.9 Å². The standard InChI is InChI=1S/C16H15N3O2.C10H9ClN2O2.C6H7N.2C2H6.C2H/c1-20-14-8-12-13(9-15(14)21-2)17-10-18-16(12)19-11-6-4-3-5-7-11;1-14-8-3-6-7(4-9(8)15-2)12-5-13-10(6)11;7-6-4-2-1-3-5-6;3*1-2/h3-10H,1-2H3,(H,17,18,19);3-5H,1-2H3;1-5H,7H2;2*1-2H3;1H/q;;;;;-1. The van der Waals surface area contributed by atoms with Crippen molar-refractivity contribution in [1.29, 1.82) is 0 Å². The van der Waals surface area contributed by atoms with Gasteiger partial charge in [0.2, 0.25) is 0 Å². The van der Waals surface area contributed by atoms with E-state index in [-0.39, 0.29) is 0 Å². The maximum absolute atomic E-state index is 5.93. The topological polar surface area (TPSA) is 127 Å². The highest BCUT2D eigenvalue weighted by Gasteiger charge is 2.11. The average Bonchev–Trinajstić information content (AvgIpc) is 3.17. The number of terminal acetylenes is 1. The maximum Gasteiger partial charge on any atom is 0.162 e. The van der Waals surface area contributed by atoms with Gasteiger partial charge < -0.3 is 42.8 Å². The molecule has 0 amide bonds. The van der Waals surface area contributed by atoms with Gasteiger partial charge in [-0.25, -0.2) is 19.9 Å². The minimum atomic E-state index is 0.404. The summed E-state index contributed by atoms with van der Waals surface area (Å²) in [6.45, 7) is 8.00. The van der Waals surface area contributed by atoms with E-state index in [0.29, 0.717) is 28.2 Å². The fourth-order valence-corrected chi connectivity index (χ4v) is 4.14. The number of nitrogens with one attached hydrogen (secondary N) is 1. The Balaban J connectivity index is 0.000000373. The number of halogens is 1. The van der Waals surface area contributed by atoms with Gasteiger partial charge in [0, 0.05) is 34.3 Å². The number of para-hydroxylation sites is 2. The predicted octanol–water partition coefficient (Wildman–Crippen LogP) is 9.22. The number of hydrogen-bond acceptors (Lipinski definition) is 10. The van der Waals surface area contributed by atoms with Crippen molar-refractivity contribution in [2.45, 2.75) is 27.7 Å². The number of benzene rings is 4. The molecule has 0 bridgehead atoms. The number of fused-ring (bicyclic) bond motifs is 2. The van der Waals surface area contributed by atoms with E-state index in [1.54, 1.807) is 40.6 Å². The average molecular weight is 684 g/mol. The molecule has 49 heavy (non-hydrogen) atoms. The summed E-state index contributed by atoms with van der Waals surface area (Å²) in [5.74, 6) is 3.26. The number of nitrogen functional groups attached to an aromatic ring is 1. The van der Waals surface area contributed by atoms with Gasteiger partial charge in [-0.2, -0.15) is 0 Å². The molecular formula is C38H44ClN6O4-. The van der Waals surface area contributed by atoms with Crippen molar-refractivity contribution in [2.75, 3.05) is 39.5 Å². The van der Waals surface area contributed by atoms with E-state index in [0.717, 1.165) is 39.0 Å². The summed E-state index contributed by atoms with van der Waals surface area (Å²) in [5, 5.41) is 5.31. The van der Waals surface area contributed by atoms with Crippen LogP contribution in [0.1, 0.15) is 27.7 Å². The molecule has 258 valence electrons. The Kier molecular flexibility index (Phi) is 19.8. The predicted molar refractivity (Wildman–Crippen MR) is 202 cm³/mol. The lowest BCUT2D eigenvalue weighted by Gasteiger charge is -2.12. The van der Waals surface area contributed by atoms with Crippen LogP contribution in [0.5, 0.6) is 23.0 Å². The van der Waals surface area contributed by atoms with E-state index in [1.807, 2.05) is 100 Å². The third-order valence-electron chi connectivity index (χ3n) is 6.07. The van der Waals surface area contributed by atoms with Gasteiger partial charge in [-0.05, 0) is 36.4 Å². The van der Waals surface area contributed by atoms with E-state index < -0.39 is 0 Å². The molecule has 0 aliphatic heterocycles. The summed E-state index contributed by atoms with van der Waals surface area (Å²) in [4.78, 5) is 16.6. The Morgan fingerprint density at radius 3 is 1.45 bits per heavy atom. The van der Waals surface area contributed by atoms with Crippen LogP contribution in [0.2, 0.25) is 5.15 Å². The summed E-state index contributed by atoms with van der Waals surface area (Å²) in [6, 6.07) is 26.6. The molecule has 0 aliphatic carbocycles. The monoisotopic (exact) mass is 683 g/mol. The molecule has 0 spiro atoms. The summed E-state index contributed by atoms with van der Waals surface area (Å²) in [7, 11) is 6.36. The molecule has 0 unspecified atom stereocenters. The van der Waals surface area contributed by atoms with Crippen LogP contribution in [0, 0.1) is 12.8 Å². The summed E-state index contributed by atoms with van der Waals surface area (Å²) >= 11 is 5.93. The van der Waals surface area contributed by atoms with Gasteiger partial charge in [-0.15, -0.1) is 0 Å². The molecule has 6 aromatic rings. The zero-order valence-electron chi connectivity index (χ0n) is 29.2. The fourth-order valence-electron chi connectivity index (χ4n) is 3.95. The molecule has 2 heterocycles. The molecule has 10 nitrogen and oxygen atoms in total. The van der Waals surface area contributed by atoms with E-state index >= 15 is 0 Å². The van der Waals surface area contributed by atoms with Crippen LogP contribution >= 0.6 is 11.6 Å². The van der Waals surface area contributed by atoms with Crippen molar-refractivity contribution in [3.8, 4) is 29.4 Å². The highest BCUT2D eigenvalue weighted by Crippen LogP contribution is 2.35. The zero-order valence-corrected chi connectivity index (χ0v) is 29.9. The van der Waals surface area contributed by atoms with E-state index in [4.69, 9.17) is 42.7 Å². The molecule has 0 saturated carbocycles. The summed E-state index contributed by atoms with van der Waals surface area (Å²) < 4.78 is 21.0. The number of aromatic nitrogens is 4. The SMILES string of the molecule is CC.CC.COc1cc2ncnc(Cl)c2cc1OC.COc1cc2ncnc(Nc3ccccc3)c2cc1OC.Nc1ccccc1.[C-]#C. The normalized spacial score (nSPS) is 9.12. The van der Waals surface area contributed by atoms with E-state index in [9.17, 15) is 0 Å². The van der Waals surface area contributed by atoms with Crippen molar-refractivity contribution in [2.24, 2.45) is 0 Å². The molecular weight excluding hydrogens is 640 g/mol. The zero-order chi connectivity index (χ0) is 36.6. The van der Waals surface area contributed by atoms with Crippen LogP contribution in [0.3, 0.4) is 0 Å². The smallest absolute Gasteiger partial charge is 0.162 e. The van der Waals surface area contributed by atoms with Crippen LogP contribution in [-0.4, -0.2) is 48.4 Å². The second-order valence-electron chi connectivity index (χ2n) is 8.74. The first-order chi connectivity index (χ1) is 24.0. The third kappa shape index (κ3) is 12.4. The lowest BCUT2D eigenvalue weighted by atomic mass is 10.2. The van der Waals surface area contributed by atoms with Gasteiger partial charge >= 0.3 is 0 Å². The Morgan fingerprint density at radius 2 is 1.00 bits per heavy atom. The minimum absolute atomic E-state index is 0.404.